The first-order valence-corrected chi connectivity index (χ1v) is 19.6. The van der Waals surface area contributed by atoms with E-state index in [1.165, 1.54) is 148 Å². The van der Waals surface area contributed by atoms with Gasteiger partial charge >= 0.3 is 5.97 Å². The van der Waals surface area contributed by atoms with Crippen molar-refractivity contribution in [2.75, 3.05) is 19.8 Å². The number of esters is 1. The van der Waals surface area contributed by atoms with Crippen LogP contribution in [0.3, 0.4) is 0 Å². The third-order valence-electron chi connectivity index (χ3n) is 8.44. The maximum absolute atomic E-state index is 12.2. The van der Waals surface area contributed by atoms with Crippen LogP contribution in [0.4, 0.5) is 0 Å². The number of hydrogen-bond acceptors (Lipinski definition) is 4. The van der Waals surface area contributed by atoms with Gasteiger partial charge in [-0.2, -0.15) is 0 Å². The van der Waals surface area contributed by atoms with Gasteiger partial charge in [0.1, 0.15) is 6.10 Å². The highest BCUT2D eigenvalue weighted by molar-refractivity contribution is 5.69. The van der Waals surface area contributed by atoms with Gasteiger partial charge in [-0.1, -0.05) is 153 Å². The molecular formula is C41H76O4. The normalized spacial score (nSPS) is 12.7. The number of aliphatic hydroxyl groups is 1. The zero-order valence-electron chi connectivity index (χ0n) is 30.1. The first-order chi connectivity index (χ1) is 22.2. The second-order valence-corrected chi connectivity index (χ2v) is 13.0. The van der Waals surface area contributed by atoms with Gasteiger partial charge in [0.15, 0.2) is 0 Å². The Morgan fingerprint density at radius 2 is 0.933 bits per heavy atom. The molecule has 1 atom stereocenters. The Morgan fingerprint density at radius 3 is 1.44 bits per heavy atom. The molecule has 1 unspecified atom stereocenters. The monoisotopic (exact) mass is 633 g/mol. The molecule has 0 amide bonds. The Hall–Kier alpha value is -1.39. The second kappa shape index (κ2) is 38.8. The molecule has 0 saturated carbocycles. The Morgan fingerprint density at radius 1 is 0.533 bits per heavy atom. The van der Waals surface area contributed by atoms with Crippen LogP contribution in [0.15, 0.2) is 36.5 Å². The summed E-state index contributed by atoms with van der Waals surface area (Å²) >= 11 is 0. The molecule has 0 aliphatic rings. The fraction of sp³-hybridized carbons (Fsp3) is 0.829. The molecular weight excluding hydrogens is 556 g/mol. The number of unbranched alkanes of at least 4 members (excludes halogenated alkanes) is 22. The van der Waals surface area contributed by atoms with E-state index in [0.717, 1.165) is 25.7 Å². The number of carbonyl (C=O) groups is 1. The summed E-state index contributed by atoms with van der Waals surface area (Å²) in [5.41, 5.74) is 0. The predicted molar refractivity (Wildman–Crippen MR) is 196 cm³/mol. The van der Waals surface area contributed by atoms with Crippen molar-refractivity contribution in [3.63, 3.8) is 0 Å². The molecule has 0 radical (unpaired) electrons. The minimum Gasteiger partial charge on any atom is -0.457 e. The van der Waals surface area contributed by atoms with E-state index in [0.29, 0.717) is 19.6 Å². The van der Waals surface area contributed by atoms with E-state index >= 15 is 0 Å². The highest BCUT2D eigenvalue weighted by Gasteiger charge is 2.13. The molecule has 0 aromatic heterocycles. The predicted octanol–water partition coefficient (Wildman–Crippen LogP) is 12.5. The second-order valence-electron chi connectivity index (χ2n) is 13.0. The van der Waals surface area contributed by atoms with E-state index in [-0.39, 0.29) is 12.6 Å². The Bertz CT molecular complexity index is 668. The van der Waals surface area contributed by atoms with E-state index < -0.39 is 6.10 Å². The first kappa shape index (κ1) is 43.6. The summed E-state index contributed by atoms with van der Waals surface area (Å²) in [5, 5.41) is 9.57. The minimum atomic E-state index is -0.537. The fourth-order valence-corrected chi connectivity index (χ4v) is 5.47. The van der Waals surface area contributed by atoms with Gasteiger partial charge in [-0.25, -0.2) is 0 Å². The lowest BCUT2D eigenvalue weighted by atomic mass is 10.1. The number of rotatable bonds is 36. The molecule has 0 aromatic rings. The van der Waals surface area contributed by atoms with Gasteiger partial charge in [-0.3, -0.25) is 4.79 Å². The Labute approximate surface area is 280 Å². The summed E-state index contributed by atoms with van der Waals surface area (Å²) in [5.74, 6) is -0.207. The fourth-order valence-electron chi connectivity index (χ4n) is 5.47. The molecule has 0 saturated heterocycles. The van der Waals surface area contributed by atoms with Gasteiger partial charge in [-0.15, -0.1) is 0 Å². The van der Waals surface area contributed by atoms with E-state index in [4.69, 9.17) is 9.47 Å². The average molecular weight is 633 g/mol. The molecule has 0 heterocycles. The van der Waals surface area contributed by atoms with Crippen LogP contribution in [0.1, 0.15) is 194 Å². The molecule has 0 bridgehead atoms. The topological polar surface area (TPSA) is 55.8 Å². The zero-order valence-corrected chi connectivity index (χ0v) is 30.1. The largest absolute Gasteiger partial charge is 0.457 e. The van der Waals surface area contributed by atoms with E-state index in [1.54, 1.807) is 0 Å². The van der Waals surface area contributed by atoms with Crippen molar-refractivity contribution in [1.82, 2.24) is 0 Å². The molecule has 0 rings (SSSR count). The third-order valence-corrected chi connectivity index (χ3v) is 8.44. The van der Waals surface area contributed by atoms with Crippen molar-refractivity contribution < 1.29 is 19.4 Å². The molecule has 1 N–H and O–H groups in total. The minimum absolute atomic E-state index is 0.175. The number of carbonyl (C=O) groups excluding carboxylic acids is 1. The van der Waals surface area contributed by atoms with Crippen LogP contribution < -0.4 is 0 Å². The summed E-state index contributed by atoms with van der Waals surface area (Å²) in [6.45, 7) is 5.30. The van der Waals surface area contributed by atoms with Gasteiger partial charge < -0.3 is 14.6 Å². The van der Waals surface area contributed by atoms with Crippen molar-refractivity contribution in [1.29, 1.82) is 0 Å². The molecule has 0 aromatic carbocycles. The summed E-state index contributed by atoms with van der Waals surface area (Å²) in [7, 11) is 0. The van der Waals surface area contributed by atoms with Crippen molar-refractivity contribution in [3.8, 4) is 0 Å². The summed E-state index contributed by atoms with van der Waals surface area (Å²) in [6, 6.07) is 0. The van der Waals surface area contributed by atoms with Crippen molar-refractivity contribution in [2.45, 2.75) is 200 Å². The lowest BCUT2D eigenvalue weighted by Crippen LogP contribution is -2.27. The van der Waals surface area contributed by atoms with Gasteiger partial charge in [0.25, 0.3) is 0 Å². The lowest BCUT2D eigenvalue weighted by Gasteiger charge is -2.15. The SMILES string of the molecule is CCCCC/C=C\C/C=C\CCCCCCCCCCCC(=O)OC(CO)COCCCCCCCC/C=C\CCCCCC. The van der Waals surface area contributed by atoms with Crippen LogP contribution in [0, 0.1) is 0 Å². The van der Waals surface area contributed by atoms with Crippen molar-refractivity contribution in [3.05, 3.63) is 36.5 Å². The Balaban J connectivity index is 3.45. The third kappa shape index (κ3) is 36.9. The van der Waals surface area contributed by atoms with E-state index in [1.807, 2.05) is 0 Å². The summed E-state index contributed by atoms with van der Waals surface area (Å²) in [6.07, 6.45) is 47.6. The molecule has 45 heavy (non-hydrogen) atoms. The van der Waals surface area contributed by atoms with Crippen LogP contribution in [-0.4, -0.2) is 37.0 Å². The average Bonchev–Trinajstić information content (AvgIpc) is 3.05. The van der Waals surface area contributed by atoms with Gasteiger partial charge in [0, 0.05) is 13.0 Å². The maximum atomic E-state index is 12.2. The summed E-state index contributed by atoms with van der Waals surface area (Å²) < 4.78 is 11.1. The van der Waals surface area contributed by atoms with Gasteiger partial charge in [0.05, 0.1) is 13.2 Å². The standard InChI is InChI=1S/C41H76O4/c1-3-5-7-9-11-13-15-17-19-20-21-22-23-24-26-28-30-32-34-36-41(43)45-40(38-42)39-44-37-35-33-31-29-27-25-18-16-14-12-10-8-6-4-2/h11,13-14,16-17,19,40,42H,3-10,12,15,18,20-39H2,1-2H3/b13-11-,16-14-,19-17-. The van der Waals surface area contributed by atoms with Gasteiger partial charge in [0.2, 0.25) is 0 Å². The molecule has 264 valence electrons. The van der Waals surface area contributed by atoms with Crippen molar-refractivity contribution >= 4 is 5.97 Å². The number of ether oxygens (including phenoxy) is 2. The maximum Gasteiger partial charge on any atom is 0.306 e. The lowest BCUT2D eigenvalue weighted by molar-refractivity contribution is -0.154. The van der Waals surface area contributed by atoms with Crippen LogP contribution in [-0.2, 0) is 14.3 Å². The molecule has 0 fully saturated rings. The molecule has 4 nitrogen and oxygen atoms in total. The molecule has 0 spiro atoms. The van der Waals surface area contributed by atoms with E-state index in [2.05, 4.69) is 50.3 Å². The Kier molecular flexibility index (Phi) is 37.6. The van der Waals surface area contributed by atoms with E-state index in [9.17, 15) is 9.90 Å². The van der Waals surface area contributed by atoms with Crippen LogP contribution >= 0.6 is 0 Å². The number of allylic oxidation sites excluding steroid dienone is 6. The number of aliphatic hydroxyl groups excluding tert-OH is 1. The summed E-state index contributed by atoms with van der Waals surface area (Å²) in [4.78, 5) is 12.2. The van der Waals surface area contributed by atoms with Crippen LogP contribution in [0.25, 0.3) is 0 Å². The van der Waals surface area contributed by atoms with Gasteiger partial charge in [-0.05, 0) is 70.6 Å². The quantitative estimate of drug-likeness (QED) is 0.0424. The highest BCUT2D eigenvalue weighted by atomic mass is 16.6. The zero-order chi connectivity index (χ0) is 32.7. The highest BCUT2D eigenvalue weighted by Crippen LogP contribution is 2.13. The molecule has 0 aliphatic heterocycles. The molecule has 4 heteroatoms. The first-order valence-electron chi connectivity index (χ1n) is 19.6. The van der Waals surface area contributed by atoms with Crippen molar-refractivity contribution in [2.24, 2.45) is 0 Å². The smallest absolute Gasteiger partial charge is 0.306 e. The van der Waals surface area contributed by atoms with Crippen LogP contribution in [0.2, 0.25) is 0 Å². The van der Waals surface area contributed by atoms with Crippen LogP contribution in [0.5, 0.6) is 0 Å². The number of hydrogen-bond donors (Lipinski definition) is 1. The molecule has 0 aliphatic carbocycles.